The number of terminal acetylenes is 1. The zero-order chi connectivity index (χ0) is 11.3. The van der Waals surface area contributed by atoms with Gasteiger partial charge in [-0.15, -0.1) is 6.42 Å². The van der Waals surface area contributed by atoms with E-state index in [4.69, 9.17) is 6.42 Å². The molecule has 0 aromatic heterocycles. The van der Waals surface area contributed by atoms with Crippen LogP contribution in [0.15, 0.2) is 18.2 Å². The van der Waals surface area contributed by atoms with E-state index in [2.05, 4.69) is 11.2 Å². The Labute approximate surface area is 88.5 Å². The van der Waals surface area contributed by atoms with Crippen molar-refractivity contribution in [3.63, 3.8) is 0 Å². The van der Waals surface area contributed by atoms with Gasteiger partial charge in [-0.1, -0.05) is 25.0 Å². The SMILES string of the molecule is C#CC(NCCC)c1cccc(F)c1F. The van der Waals surface area contributed by atoms with E-state index in [1.54, 1.807) is 0 Å². The van der Waals surface area contributed by atoms with E-state index in [0.717, 1.165) is 12.5 Å². The Morgan fingerprint density at radius 1 is 1.47 bits per heavy atom. The lowest BCUT2D eigenvalue weighted by molar-refractivity contribution is 0.485. The topological polar surface area (TPSA) is 12.0 Å². The monoisotopic (exact) mass is 209 g/mol. The Morgan fingerprint density at radius 2 is 2.20 bits per heavy atom. The van der Waals surface area contributed by atoms with Gasteiger partial charge in [0.25, 0.3) is 0 Å². The van der Waals surface area contributed by atoms with Crippen LogP contribution in [0.3, 0.4) is 0 Å². The molecule has 0 amide bonds. The van der Waals surface area contributed by atoms with Gasteiger partial charge in [0.05, 0.1) is 6.04 Å². The minimum atomic E-state index is -0.871. The van der Waals surface area contributed by atoms with Gasteiger partial charge in [0.2, 0.25) is 0 Å². The summed E-state index contributed by atoms with van der Waals surface area (Å²) >= 11 is 0. The molecule has 0 aliphatic rings. The minimum absolute atomic E-state index is 0.186. The fourth-order valence-electron chi connectivity index (χ4n) is 1.29. The van der Waals surface area contributed by atoms with Gasteiger partial charge in [-0.25, -0.2) is 8.78 Å². The smallest absolute Gasteiger partial charge is 0.164 e. The standard InChI is InChI=1S/C12H13F2N/c1-3-8-15-11(4-2)9-6-5-7-10(13)12(9)14/h2,5-7,11,15H,3,8H2,1H3. The molecule has 0 fully saturated rings. The second-order valence-electron chi connectivity index (χ2n) is 3.20. The largest absolute Gasteiger partial charge is 0.300 e. The number of nitrogens with one attached hydrogen (secondary N) is 1. The van der Waals surface area contributed by atoms with Crippen molar-refractivity contribution in [1.29, 1.82) is 0 Å². The molecule has 80 valence electrons. The highest BCUT2D eigenvalue weighted by Crippen LogP contribution is 2.18. The molecule has 0 radical (unpaired) electrons. The minimum Gasteiger partial charge on any atom is -0.300 e. The van der Waals surface area contributed by atoms with Gasteiger partial charge in [-0.2, -0.15) is 0 Å². The molecule has 0 saturated heterocycles. The Balaban J connectivity index is 2.93. The molecule has 1 rings (SSSR count). The van der Waals surface area contributed by atoms with Gasteiger partial charge in [-0.3, -0.25) is 5.32 Å². The lowest BCUT2D eigenvalue weighted by Gasteiger charge is -2.13. The molecule has 1 nitrogen and oxygen atoms in total. The molecule has 1 atom stereocenters. The van der Waals surface area contributed by atoms with Gasteiger partial charge in [0.15, 0.2) is 11.6 Å². The van der Waals surface area contributed by atoms with Crippen molar-refractivity contribution in [2.45, 2.75) is 19.4 Å². The van der Waals surface area contributed by atoms with E-state index >= 15 is 0 Å². The normalized spacial score (nSPS) is 12.1. The quantitative estimate of drug-likeness (QED) is 0.752. The molecule has 1 aromatic carbocycles. The van der Waals surface area contributed by atoms with Gasteiger partial charge >= 0.3 is 0 Å². The first-order valence-corrected chi connectivity index (χ1v) is 4.84. The molecule has 0 aliphatic heterocycles. The molecule has 1 N–H and O–H groups in total. The first-order chi connectivity index (χ1) is 7.20. The van der Waals surface area contributed by atoms with Crippen molar-refractivity contribution in [1.82, 2.24) is 5.32 Å². The molecule has 0 bridgehead atoms. The molecule has 3 heteroatoms. The van der Waals surface area contributed by atoms with E-state index < -0.39 is 17.7 Å². The Bertz CT molecular complexity index is 368. The van der Waals surface area contributed by atoms with E-state index in [9.17, 15) is 8.78 Å². The average Bonchev–Trinajstić information content (AvgIpc) is 2.25. The highest BCUT2D eigenvalue weighted by molar-refractivity contribution is 5.28. The van der Waals surface area contributed by atoms with Gasteiger partial charge < -0.3 is 0 Å². The summed E-state index contributed by atoms with van der Waals surface area (Å²) in [7, 11) is 0. The van der Waals surface area contributed by atoms with Crippen molar-refractivity contribution < 1.29 is 8.78 Å². The van der Waals surface area contributed by atoms with Crippen molar-refractivity contribution in [2.24, 2.45) is 0 Å². The predicted molar refractivity (Wildman–Crippen MR) is 56.2 cm³/mol. The van der Waals surface area contributed by atoms with E-state index in [1.807, 2.05) is 6.92 Å². The van der Waals surface area contributed by atoms with Crippen LogP contribution in [0.2, 0.25) is 0 Å². The lowest BCUT2D eigenvalue weighted by atomic mass is 10.1. The van der Waals surface area contributed by atoms with E-state index in [1.165, 1.54) is 12.1 Å². The Morgan fingerprint density at radius 3 is 2.80 bits per heavy atom. The number of halogens is 2. The average molecular weight is 209 g/mol. The molecule has 15 heavy (non-hydrogen) atoms. The maximum atomic E-state index is 13.4. The third kappa shape index (κ3) is 2.77. The molecular weight excluding hydrogens is 196 g/mol. The third-order valence-corrected chi connectivity index (χ3v) is 2.06. The van der Waals surface area contributed by atoms with Crippen LogP contribution < -0.4 is 5.32 Å². The summed E-state index contributed by atoms with van der Waals surface area (Å²) in [6.07, 6.45) is 6.15. The van der Waals surface area contributed by atoms with Crippen LogP contribution in [0, 0.1) is 24.0 Å². The van der Waals surface area contributed by atoms with Crippen LogP contribution in [0.1, 0.15) is 24.9 Å². The number of hydrogen-bond donors (Lipinski definition) is 1. The summed E-state index contributed by atoms with van der Waals surface area (Å²) < 4.78 is 26.3. The van der Waals surface area contributed by atoms with Gasteiger partial charge in [-0.05, 0) is 19.0 Å². The molecule has 0 saturated carbocycles. The predicted octanol–water partition coefficient (Wildman–Crippen LogP) is 2.64. The van der Waals surface area contributed by atoms with Crippen molar-refractivity contribution in [3.05, 3.63) is 35.4 Å². The highest BCUT2D eigenvalue weighted by atomic mass is 19.2. The van der Waals surface area contributed by atoms with Crippen LogP contribution in [-0.4, -0.2) is 6.54 Å². The van der Waals surface area contributed by atoms with Crippen molar-refractivity contribution >= 4 is 0 Å². The number of benzene rings is 1. The second kappa shape index (κ2) is 5.47. The Hall–Kier alpha value is -1.40. The fourth-order valence-corrected chi connectivity index (χ4v) is 1.29. The molecule has 0 aliphatic carbocycles. The van der Waals surface area contributed by atoms with Crippen LogP contribution >= 0.6 is 0 Å². The molecule has 1 aromatic rings. The van der Waals surface area contributed by atoms with Crippen LogP contribution in [0.5, 0.6) is 0 Å². The maximum Gasteiger partial charge on any atom is 0.164 e. The number of rotatable bonds is 4. The Kier molecular flexibility index (Phi) is 4.26. The molecule has 1 unspecified atom stereocenters. The highest BCUT2D eigenvalue weighted by Gasteiger charge is 2.14. The number of hydrogen-bond acceptors (Lipinski definition) is 1. The van der Waals surface area contributed by atoms with Crippen LogP contribution in [0.25, 0.3) is 0 Å². The summed E-state index contributed by atoms with van der Waals surface area (Å²) in [5.41, 5.74) is 0.186. The summed E-state index contributed by atoms with van der Waals surface area (Å²) in [6, 6.07) is 3.45. The zero-order valence-electron chi connectivity index (χ0n) is 8.56. The zero-order valence-corrected chi connectivity index (χ0v) is 8.56. The van der Waals surface area contributed by atoms with E-state index in [-0.39, 0.29) is 5.56 Å². The van der Waals surface area contributed by atoms with Gasteiger partial charge in [0.1, 0.15) is 0 Å². The summed E-state index contributed by atoms with van der Waals surface area (Å²) in [6.45, 7) is 2.65. The van der Waals surface area contributed by atoms with Gasteiger partial charge in [0, 0.05) is 5.56 Å². The lowest BCUT2D eigenvalue weighted by Crippen LogP contribution is -2.21. The molecule has 0 heterocycles. The summed E-state index contributed by atoms with van der Waals surface area (Å²) in [5, 5.41) is 2.96. The van der Waals surface area contributed by atoms with Crippen LogP contribution in [0.4, 0.5) is 8.78 Å². The van der Waals surface area contributed by atoms with Crippen molar-refractivity contribution in [3.8, 4) is 12.3 Å². The summed E-state index contributed by atoms with van der Waals surface area (Å²) in [4.78, 5) is 0. The van der Waals surface area contributed by atoms with Crippen molar-refractivity contribution in [2.75, 3.05) is 6.54 Å². The molecule has 0 spiro atoms. The first kappa shape index (κ1) is 11.7. The van der Waals surface area contributed by atoms with Crippen LogP contribution in [-0.2, 0) is 0 Å². The first-order valence-electron chi connectivity index (χ1n) is 4.84. The molecular formula is C12H13F2N. The summed E-state index contributed by atoms with van der Waals surface area (Å²) in [5.74, 6) is 0.663. The third-order valence-electron chi connectivity index (χ3n) is 2.06. The van der Waals surface area contributed by atoms with E-state index in [0.29, 0.717) is 6.54 Å². The fraction of sp³-hybridized carbons (Fsp3) is 0.333. The maximum absolute atomic E-state index is 13.4. The second-order valence-corrected chi connectivity index (χ2v) is 3.20.